The first-order valence-electron chi connectivity index (χ1n) is 8.20. The Labute approximate surface area is 162 Å². The number of terminal acetylenes is 1. The zero-order valence-corrected chi connectivity index (χ0v) is 15.8. The summed E-state index contributed by atoms with van der Waals surface area (Å²) in [6.45, 7) is -0.131. The van der Waals surface area contributed by atoms with Crippen LogP contribution in [0.5, 0.6) is 0 Å². The Morgan fingerprint density at radius 1 is 1.21 bits per heavy atom. The van der Waals surface area contributed by atoms with Crippen molar-refractivity contribution in [2.24, 2.45) is 7.05 Å². The molecule has 9 heteroatoms. The first-order chi connectivity index (χ1) is 13.4. The van der Waals surface area contributed by atoms with Gasteiger partial charge in [0.25, 0.3) is 5.91 Å². The molecule has 3 aromatic rings. The fourth-order valence-electron chi connectivity index (χ4n) is 2.51. The highest BCUT2D eigenvalue weighted by atomic mass is 32.2. The van der Waals surface area contributed by atoms with Crippen molar-refractivity contribution in [1.82, 2.24) is 19.5 Å². The zero-order chi connectivity index (χ0) is 20.1. The Morgan fingerprint density at radius 2 is 2.00 bits per heavy atom. The average molecular weight is 395 g/mol. The van der Waals surface area contributed by atoms with Crippen molar-refractivity contribution in [3.05, 3.63) is 60.4 Å². The van der Waals surface area contributed by atoms with Gasteiger partial charge in [0.15, 0.2) is 5.82 Å². The highest BCUT2D eigenvalue weighted by Gasteiger charge is 2.16. The van der Waals surface area contributed by atoms with E-state index in [0.717, 1.165) is 5.56 Å². The lowest BCUT2D eigenvalue weighted by Gasteiger charge is -2.09. The molecule has 3 rings (SSSR count). The van der Waals surface area contributed by atoms with E-state index in [-0.39, 0.29) is 17.0 Å². The third-order valence-corrected chi connectivity index (χ3v) is 5.26. The summed E-state index contributed by atoms with van der Waals surface area (Å²) in [6.07, 6.45) is 6.67. The number of aryl methyl sites for hydroxylation is 1. The van der Waals surface area contributed by atoms with Gasteiger partial charge in [0.05, 0.1) is 11.4 Å². The molecule has 0 fully saturated rings. The van der Waals surface area contributed by atoms with Crippen LogP contribution in [0, 0.1) is 12.3 Å². The molecule has 0 aliphatic rings. The summed E-state index contributed by atoms with van der Waals surface area (Å²) in [6, 6.07) is 12.8. The van der Waals surface area contributed by atoms with Gasteiger partial charge in [0, 0.05) is 23.9 Å². The van der Waals surface area contributed by atoms with Gasteiger partial charge >= 0.3 is 0 Å². The van der Waals surface area contributed by atoms with Gasteiger partial charge in [-0.15, -0.1) is 16.6 Å². The molecule has 0 radical (unpaired) electrons. The molecule has 0 saturated heterocycles. The van der Waals surface area contributed by atoms with Crippen LogP contribution in [0.25, 0.3) is 11.4 Å². The summed E-state index contributed by atoms with van der Waals surface area (Å²) in [7, 11) is -1.96. The number of amides is 1. The van der Waals surface area contributed by atoms with E-state index in [0.29, 0.717) is 11.5 Å². The lowest BCUT2D eigenvalue weighted by atomic mass is 10.1. The van der Waals surface area contributed by atoms with E-state index in [9.17, 15) is 13.2 Å². The number of nitrogens with zero attached hydrogens (tertiary/aromatic N) is 3. The smallest absolute Gasteiger partial charge is 0.255 e. The number of anilines is 1. The molecule has 0 bridgehead atoms. The summed E-state index contributed by atoms with van der Waals surface area (Å²) >= 11 is 0. The molecule has 1 heterocycles. The number of benzene rings is 2. The number of sulfonamides is 1. The van der Waals surface area contributed by atoms with Crippen LogP contribution in [-0.2, 0) is 17.1 Å². The highest BCUT2D eigenvalue weighted by molar-refractivity contribution is 7.89. The number of nitrogens with one attached hydrogen (secondary N) is 2. The normalized spacial score (nSPS) is 11.0. The first kappa shape index (κ1) is 19.3. The number of hydrogen-bond donors (Lipinski definition) is 2. The Balaban J connectivity index is 1.82. The number of aromatic nitrogens is 3. The molecular formula is C19H17N5O3S. The van der Waals surface area contributed by atoms with E-state index < -0.39 is 15.9 Å². The van der Waals surface area contributed by atoms with Crippen LogP contribution in [0.1, 0.15) is 10.4 Å². The molecule has 0 atom stereocenters. The van der Waals surface area contributed by atoms with Crippen LogP contribution >= 0.6 is 0 Å². The van der Waals surface area contributed by atoms with Crippen molar-refractivity contribution in [1.29, 1.82) is 0 Å². The maximum atomic E-state index is 12.6. The topological polar surface area (TPSA) is 106 Å². The van der Waals surface area contributed by atoms with Gasteiger partial charge in [0.2, 0.25) is 10.0 Å². The van der Waals surface area contributed by atoms with Gasteiger partial charge in [0.1, 0.15) is 6.33 Å². The molecule has 0 saturated carbocycles. The van der Waals surface area contributed by atoms with E-state index in [1.54, 1.807) is 29.1 Å². The molecule has 0 spiro atoms. The minimum absolute atomic E-state index is 0.0387. The van der Waals surface area contributed by atoms with Gasteiger partial charge < -0.3 is 9.88 Å². The third kappa shape index (κ3) is 4.25. The van der Waals surface area contributed by atoms with Crippen LogP contribution in [0.2, 0.25) is 0 Å². The van der Waals surface area contributed by atoms with Crippen molar-refractivity contribution in [2.75, 3.05) is 11.9 Å². The van der Waals surface area contributed by atoms with Crippen LogP contribution in [0.4, 0.5) is 5.69 Å². The predicted molar refractivity (Wildman–Crippen MR) is 105 cm³/mol. The number of carbonyl (C=O) groups excluding carboxylic acids is 1. The summed E-state index contributed by atoms with van der Waals surface area (Å²) in [4.78, 5) is 12.5. The highest BCUT2D eigenvalue weighted by Crippen LogP contribution is 2.21. The first-order valence-corrected chi connectivity index (χ1v) is 9.68. The number of carbonyl (C=O) groups is 1. The summed E-state index contributed by atoms with van der Waals surface area (Å²) < 4.78 is 28.4. The molecule has 142 valence electrons. The van der Waals surface area contributed by atoms with E-state index in [1.165, 1.54) is 24.3 Å². The standard InChI is InChI=1S/C19H17N5O3S/c1-3-10-21-28(26,27)17-9-5-7-15(12-17)19(25)22-16-8-4-6-14(11-16)18-23-20-13-24(18)2/h1,4-9,11-13,21H,10H2,2H3,(H,22,25). The van der Waals surface area contributed by atoms with E-state index in [2.05, 4.69) is 26.2 Å². The molecule has 8 nitrogen and oxygen atoms in total. The Morgan fingerprint density at radius 3 is 2.71 bits per heavy atom. The monoisotopic (exact) mass is 395 g/mol. The maximum Gasteiger partial charge on any atom is 0.255 e. The zero-order valence-electron chi connectivity index (χ0n) is 15.0. The Kier molecular flexibility index (Phi) is 5.54. The van der Waals surface area contributed by atoms with Crippen molar-refractivity contribution in [3.8, 4) is 23.7 Å². The second kappa shape index (κ2) is 8.04. The molecule has 0 aliphatic carbocycles. The molecule has 28 heavy (non-hydrogen) atoms. The molecule has 1 amide bonds. The summed E-state index contributed by atoms with van der Waals surface area (Å²) in [5.74, 6) is 2.42. The van der Waals surface area contributed by atoms with Crippen LogP contribution in [0.3, 0.4) is 0 Å². The van der Waals surface area contributed by atoms with Crippen molar-refractivity contribution in [3.63, 3.8) is 0 Å². The van der Waals surface area contributed by atoms with Crippen LogP contribution in [0.15, 0.2) is 59.8 Å². The van der Waals surface area contributed by atoms with Crippen molar-refractivity contribution >= 4 is 21.6 Å². The van der Waals surface area contributed by atoms with Crippen molar-refractivity contribution < 1.29 is 13.2 Å². The minimum Gasteiger partial charge on any atom is -0.322 e. The Bertz CT molecular complexity index is 1160. The second-order valence-corrected chi connectivity index (χ2v) is 7.62. The second-order valence-electron chi connectivity index (χ2n) is 5.86. The maximum absolute atomic E-state index is 12.6. The van der Waals surface area contributed by atoms with E-state index in [4.69, 9.17) is 6.42 Å². The van der Waals surface area contributed by atoms with Crippen LogP contribution < -0.4 is 10.0 Å². The molecule has 1 aromatic heterocycles. The number of hydrogen-bond acceptors (Lipinski definition) is 5. The van der Waals surface area contributed by atoms with Gasteiger partial charge in [-0.2, -0.15) is 4.72 Å². The van der Waals surface area contributed by atoms with Gasteiger partial charge in [-0.3, -0.25) is 4.79 Å². The lowest BCUT2D eigenvalue weighted by Crippen LogP contribution is -2.24. The lowest BCUT2D eigenvalue weighted by molar-refractivity contribution is 0.102. The van der Waals surface area contributed by atoms with E-state index >= 15 is 0 Å². The van der Waals surface area contributed by atoms with Crippen molar-refractivity contribution in [2.45, 2.75) is 4.90 Å². The molecule has 0 unspecified atom stereocenters. The fourth-order valence-corrected chi connectivity index (χ4v) is 3.49. The minimum atomic E-state index is -3.78. The number of rotatable bonds is 6. The quantitative estimate of drug-likeness (QED) is 0.617. The molecule has 2 aromatic carbocycles. The molecule has 2 N–H and O–H groups in total. The largest absolute Gasteiger partial charge is 0.322 e. The Hall–Kier alpha value is -3.48. The van der Waals surface area contributed by atoms with Gasteiger partial charge in [-0.05, 0) is 30.3 Å². The third-order valence-electron chi connectivity index (χ3n) is 3.86. The van der Waals surface area contributed by atoms with Gasteiger partial charge in [-0.1, -0.05) is 24.1 Å². The van der Waals surface area contributed by atoms with E-state index in [1.807, 2.05) is 13.1 Å². The van der Waals surface area contributed by atoms with Gasteiger partial charge in [-0.25, -0.2) is 8.42 Å². The van der Waals surface area contributed by atoms with Crippen LogP contribution in [-0.4, -0.2) is 35.6 Å². The average Bonchev–Trinajstić information content (AvgIpc) is 3.12. The summed E-state index contributed by atoms with van der Waals surface area (Å²) in [5, 5.41) is 10.6. The SMILES string of the molecule is C#CCNS(=O)(=O)c1cccc(C(=O)Nc2cccc(-c3nncn3C)c2)c1. The predicted octanol–water partition coefficient (Wildman–Crippen LogP) is 1.65. The molecular weight excluding hydrogens is 378 g/mol. The summed E-state index contributed by atoms with van der Waals surface area (Å²) in [5.41, 5.74) is 1.53. The fraction of sp³-hybridized carbons (Fsp3) is 0.105. The molecule has 0 aliphatic heterocycles.